The van der Waals surface area contributed by atoms with Crippen LogP contribution in [0.1, 0.15) is 18.6 Å². The van der Waals surface area contributed by atoms with Crippen LogP contribution in [0, 0.1) is 0 Å². The molecule has 1 aromatic heterocycles. The number of halogens is 5. The first-order valence-electron chi connectivity index (χ1n) is 10.4. The molecule has 186 valence electrons. The molecule has 4 rings (SSSR count). The average molecular weight is 537 g/mol. The minimum atomic E-state index is -4.76. The number of carbonyl (C=O) groups excluding carboxylic acids is 1. The van der Waals surface area contributed by atoms with Gasteiger partial charge in [0.2, 0.25) is 0 Å². The van der Waals surface area contributed by atoms with E-state index in [1.807, 2.05) is 0 Å². The zero-order valence-electron chi connectivity index (χ0n) is 18.5. The maximum Gasteiger partial charge on any atom is 0.573 e. The van der Waals surface area contributed by atoms with E-state index in [0.29, 0.717) is 38.4 Å². The molecule has 0 fully saturated rings. The van der Waals surface area contributed by atoms with Crippen LogP contribution < -0.4 is 10.1 Å². The number of rotatable bonds is 6. The molecule has 0 aliphatic rings. The third-order valence-corrected chi connectivity index (χ3v) is 5.57. The lowest BCUT2D eigenvalue weighted by atomic mass is 10.1. The Morgan fingerprint density at radius 2 is 1.64 bits per heavy atom. The van der Waals surface area contributed by atoms with Crippen LogP contribution in [0.3, 0.4) is 0 Å². The molecule has 1 heterocycles. The fourth-order valence-corrected chi connectivity index (χ4v) is 3.99. The molecule has 1 unspecified atom stereocenters. The van der Waals surface area contributed by atoms with Crippen LogP contribution in [0.5, 0.6) is 5.75 Å². The zero-order valence-corrected chi connectivity index (χ0v) is 20.0. The number of nitrogens with zero attached hydrogens (tertiary/aromatic N) is 3. The summed E-state index contributed by atoms with van der Waals surface area (Å²) in [7, 11) is 0. The van der Waals surface area contributed by atoms with Crippen LogP contribution in [-0.2, 0) is 4.74 Å². The number of anilines is 1. The second-order valence-corrected chi connectivity index (χ2v) is 8.25. The first-order chi connectivity index (χ1) is 17.1. The molecule has 12 heteroatoms. The summed E-state index contributed by atoms with van der Waals surface area (Å²) in [5.41, 5.74) is 2.13. The normalized spacial score (nSPS) is 12.2. The van der Waals surface area contributed by atoms with Crippen molar-refractivity contribution in [3.63, 3.8) is 0 Å². The van der Waals surface area contributed by atoms with Gasteiger partial charge in [-0.1, -0.05) is 29.3 Å². The van der Waals surface area contributed by atoms with Gasteiger partial charge in [0.15, 0.2) is 5.82 Å². The fourth-order valence-electron chi connectivity index (χ4n) is 3.29. The minimum Gasteiger partial charge on any atom is -0.441 e. The van der Waals surface area contributed by atoms with Gasteiger partial charge >= 0.3 is 12.5 Å². The summed E-state index contributed by atoms with van der Waals surface area (Å²) in [6.07, 6.45) is -4.69. The SMILES string of the molecule is CC(OC(=O)Nc1ccc(-c2ncn(-c3ccc(OC(F)(F)F)cc3)n2)cc1)c1c(Cl)cccc1Cl. The first kappa shape index (κ1) is 25.3. The highest BCUT2D eigenvalue weighted by molar-refractivity contribution is 6.36. The predicted octanol–water partition coefficient (Wildman–Crippen LogP) is 7.45. The third-order valence-electron chi connectivity index (χ3n) is 4.91. The second kappa shape index (κ2) is 10.5. The largest absolute Gasteiger partial charge is 0.573 e. The fraction of sp³-hybridized carbons (Fsp3) is 0.125. The van der Waals surface area contributed by atoms with E-state index in [-0.39, 0.29) is 5.75 Å². The summed E-state index contributed by atoms with van der Waals surface area (Å²) in [6.45, 7) is 1.66. The molecule has 1 N–H and O–H groups in total. The molecule has 1 amide bonds. The summed E-state index contributed by atoms with van der Waals surface area (Å²) >= 11 is 12.3. The van der Waals surface area contributed by atoms with Gasteiger partial charge in [0.1, 0.15) is 18.2 Å². The summed E-state index contributed by atoms with van der Waals surface area (Å²) in [6, 6.07) is 16.9. The third kappa shape index (κ3) is 6.27. The molecule has 7 nitrogen and oxygen atoms in total. The predicted molar refractivity (Wildman–Crippen MR) is 128 cm³/mol. The number of carbonyl (C=O) groups is 1. The molecule has 0 saturated heterocycles. The van der Waals surface area contributed by atoms with Gasteiger partial charge in [-0.15, -0.1) is 18.3 Å². The Morgan fingerprint density at radius 3 is 2.25 bits per heavy atom. The van der Waals surface area contributed by atoms with Crippen molar-refractivity contribution in [2.75, 3.05) is 5.32 Å². The maximum absolute atomic E-state index is 12.3. The Hall–Kier alpha value is -3.76. The van der Waals surface area contributed by atoms with Crippen LogP contribution in [-0.4, -0.2) is 27.2 Å². The van der Waals surface area contributed by atoms with Crippen molar-refractivity contribution in [1.29, 1.82) is 0 Å². The summed E-state index contributed by atoms with van der Waals surface area (Å²) < 4.78 is 47.6. The van der Waals surface area contributed by atoms with Crippen molar-refractivity contribution in [2.45, 2.75) is 19.4 Å². The van der Waals surface area contributed by atoms with Gasteiger partial charge in [-0.05, 0) is 67.6 Å². The molecule has 1 atom stereocenters. The van der Waals surface area contributed by atoms with E-state index < -0.39 is 18.6 Å². The topological polar surface area (TPSA) is 78.3 Å². The van der Waals surface area contributed by atoms with E-state index in [1.54, 1.807) is 49.4 Å². The van der Waals surface area contributed by atoms with Crippen LogP contribution in [0.15, 0.2) is 73.1 Å². The van der Waals surface area contributed by atoms with Crippen molar-refractivity contribution in [2.24, 2.45) is 0 Å². The molecular formula is C24H17Cl2F3N4O3. The van der Waals surface area contributed by atoms with E-state index in [9.17, 15) is 18.0 Å². The van der Waals surface area contributed by atoms with Crippen molar-refractivity contribution in [3.05, 3.63) is 88.7 Å². The standard InChI is InChI=1S/C24H17Cl2F3N4O3/c1-14(21-19(25)3-2-4-20(21)26)35-23(34)31-16-7-5-15(6-8-16)22-30-13-33(32-22)17-9-11-18(12-10-17)36-24(27,28)29/h2-14H,1H3,(H,31,34). The molecule has 0 saturated carbocycles. The van der Waals surface area contributed by atoms with Crippen LogP contribution >= 0.6 is 23.2 Å². The molecule has 36 heavy (non-hydrogen) atoms. The number of nitrogens with one attached hydrogen (secondary N) is 1. The Balaban J connectivity index is 1.38. The zero-order chi connectivity index (χ0) is 25.9. The van der Waals surface area contributed by atoms with E-state index in [1.165, 1.54) is 35.3 Å². The van der Waals surface area contributed by atoms with Crippen molar-refractivity contribution in [3.8, 4) is 22.8 Å². The second-order valence-electron chi connectivity index (χ2n) is 7.44. The molecule has 4 aromatic rings. The molecule has 0 radical (unpaired) electrons. The van der Waals surface area contributed by atoms with E-state index >= 15 is 0 Å². The van der Waals surface area contributed by atoms with E-state index in [2.05, 4.69) is 20.1 Å². The van der Waals surface area contributed by atoms with Gasteiger partial charge in [0.25, 0.3) is 0 Å². The smallest absolute Gasteiger partial charge is 0.441 e. The molecule has 0 aliphatic heterocycles. The van der Waals surface area contributed by atoms with Crippen molar-refractivity contribution in [1.82, 2.24) is 14.8 Å². The highest BCUT2D eigenvalue weighted by Gasteiger charge is 2.31. The van der Waals surface area contributed by atoms with Gasteiger partial charge in [0.05, 0.1) is 5.69 Å². The van der Waals surface area contributed by atoms with Crippen LogP contribution in [0.4, 0.5) is 23.7 Å². The van der Waals surface area contributed by atoms with Gasteiger partial charge < -0.3 is 9.47 Å². The summed E-state index contributed by atoms with van der Waals surface area (Å²) in [5, 5.41) is 7.75. The Morgan fingerprint density at radius 1 is 1.00 bits per heavy atom. The number of ether oxygens (including phenoxy) is 2. The Labute approximate surface area is 213 Å². The van der Waals surface area contributed by atoms with Gasteiger partial charge in [-0.2, -0.15) is 0 Å². The van der Waals surface area contributed by atoms with Crippen LogP contribution in [0.2, 0.25) is 10.0 Å². The average Bonchev–Trinajstić information content (AvgIpc) is 3.29. The lowest BCUT2D eigenvalue weighted by Crippen LogP contribution is -2.17. The summed E-state index contributed by atoms with van der Waals surface area (Å²) in [5.74, 6) is 0.0410. The van der Waals surface area contributed by atoms with Crippen molar-refractivity contribution >= 4 is 35.0 Å². The molecule has 0 bridgehead atoms. The Kier molecular flexibility index (Phi) is 7.37. The summed E-state index contributed by atoms with van der Waals surface area (Å²) in [4.78, 5) is 16.5. The molecule has 0 spiro atoms. The van der Waals surface area contributed by atoms with E-state index in [4.69, 9.17) is 27.9 Å². The number of amides is 1. The monoisotopic (exact) mass is 536 g/mol. The van der Waals surface area contributed by atoms with Gasteiger partial charge in [-0.25, -0.2) is 14.5 Å². The lowest BCUT2D eigenvalue weighted by molar-refractivity contribution is -0.274. The number of aromatic nitrogens is 3. The van der Waals surface area contributed by atoms with E-state index in [0.717, 1.165) is 0 Å². The Bertz CT molecular complexity index is 1340. The molecular weight excluding hydrogens is 520 g/mol. The van der Waals surface area contributed by atoms with Gasteiger partial charge in [0, 0.05) is 26.9 Å². The lowest BCUT2D eigenvalue weighted by Gasteiger charge is -2.16. The van der Waals surface area contributed by atoms with Crippen molar-refractivity contribution < 1.29 is 27.4 Å². The van der Waals surface area contributed by atoms with Gasteiger partial charge in [-0.3, -0.25) is 5.32 Å². The number of hydrogen-bond acceptors (Lipinski definition) is 5. The number of alkyl halides is 3. The number of benzene rings is 3. The quantitative estimate of drug-likeness (QED) is 0.277. The highest BCUT2D eigenvalue weighted by atomic mass is 35.5. The first-order valence-corrected chi connectivity index (χ1v) is 11.1. The minimum absolute atomic E-state index is 0.336. The molecule has 3 aromatic carbocycles. The van der Waals surface area contributed by atoms with Crippen LogP contribution in [0.25, 0.3) is 17.1 Å². The number of hydrogen-bond donors (Lipinski definition) is 1. The molecule has 0 aliphatic carbocycles. The highest BCUT2D eigenvalue weighted by Crippen LogP contribution is 2.32. The maximum atomic E-state index is 12.3.